The van der Waals surface area contributed by atoms with Gasteiger partial charge in [-0.1, -0.05) is 6.92 Å². The molecular formula is C10H20N2O. The maximum Gasteiger partial charge on any atom is 0.134 e. The Labute approximate surface area is 80.5 Å². The van der Waals surface area contributed by atoms with Crippen molar-refractivity contribution in [2.24, 2.45) is 0 Å². The van der Waals surface area contributed by atoms with Gasteiger partial charge in [-0.05, 0) is 13.5 Å². The molecule has 3 heteroatoms. The van der Waals surface area contributed by atoms with Gasteiger partial charge in [-0.15, -0.1) is 0 Å². The van der Waals surface area contributed by atoms with Crippen LogP contribution in [0.2, 0.25) is 0 Å². The normalized spacial score (nSPS) is 24.6. The lowest BCUT2D eigenvalue weighted by atomic mass is 10.1. The van der Waals surface area contributed by atoms with E-state index in [9.17, 15) is 4.79 Å². The predicted molar refractivity (Wildman–Crippen MR) is 53.8 cm³/mol. The summed E-state index contributed by atoms with van der Waals surface area (Å²) in [5.74, 6) is 0.398. The van der Waals surface area contributed by atoms with Crippen molar-refractivity contribution in [1.29, 1.82) is 0 Å². The Bertz CT molecular complexity index is 170. The summed E-state index contributed by atoms with van der Waals surface area (Å²) in [4.78, 5) is 13.6. The molecule has 1 aliphatic heterocycles. The fourth-order valence-corrected chi connectivity index (χ4v) is 1.78. The Morgan fingerprint density at radius 3 is 3.00 bits per heavy atom. The van der Waals surface area contributed by atoms with Gasteiger partial charge < -0.3 is 10.2 Å². The topological polar surface area (TPSA) is 32.3 Å². The molecule has 1 atom stereocenters. The quantitative estimate of drug-likeness (QED) is 0.696. The third kappa shape index (κ3) is 3.87. The van der Waals surface area contributed by atoms with Gasteiger partial charge in [-0.3, -0.25) is 4.79 Å². The molecule has 0 aromatic carbocycles. The van der Waals surface area contributed by atoms with Crippen LogP contribution in [0.4, 0.5) is 0 Å². The van der Waals surface area contributed by atoms with Crippen LogP contribution < -0.4 is 5.32 Å². The molecule has 1 N–H and O–H groups in total. The molecule has 0 radical (unpaired) electrons. The van der Waals surface area contributed by atoms with E-state index >= 15 is 0 Å². The first-order valence-corrected chi connectivity index (χ1v) is 5.16. The van der Waals surface area contributed by atoms with Crippen molar-refractivity contribution in [3.05, 3.63) is 0 Å². The van der Waals surface area contributed by atoms with E-state index in [2.05, 4.69) is 24.2 Å². The molecule has 0 bridgehead atoms. The molecule has 0 spiro atoms. The average molecular weight is 184 g/mol. The van der Waals surface area contributed by atoms with Gasteiger partial charge in [0, 0.05) is 38.5 Å². The van der Waals surface area contributed by atoms with Crippen molar-refractivity contribution < 1.29 is 4.79 Å². The molecular weight excluding hydrogens is 164 g/mol. The molecule has 0 aromatic rings. The number of carbonyl (C=O) groups is 1. The zero-order valence-electron chi connectivity index (χ0n) is 8.68. The van der Waals surface area contributed by atoms with Gasteiger partial charge in [0.05, 0.1) is 0 Å². The summed E-state index contributed by atoms with van der Waals surface area (Å²) in [5.41, 5.74) is 0. The third-order valence-electron chi connectivity index (χ3n) is 2.46. The summed E-state index contributed by atoms with van der Waals surface area (Å²) >= 11 is 0. The maximum absolute atomic E-state index is 11.4. The van der Waals surface area contributed by atoms with Crippen molar-refractivity contribution in [3.8, 4) is 0 Å². The minimum atomic E-state index is 0.387. The van der Waals surface area contributed by atoms with E-state index in [1.807, 2.05) is 0 Å². The van der Waals surface area contributed by atoms with Crippen LogP contribution in [0.3, 0.4) is 0 Å². The maximum atomic E-state index is 11.4. The average Bonchev–Trinajstić information content (AvgIpc) is 2.04. The highest BCUT2D eigenvalue weighted by Gasteiger charge is 2.18. The summed E-state index contributed by atoms with van der Waals surface area (Å²) in [6, 6.07) is 0.387. The monoisotopic (exact) mass is 184 g/mol. The molecule has 1 heterocycles. The van der Waals surface area contributed by atoms with Gasteiger partial charge in [-0.2, -0.15) is 0 Å². The summed E-state index contributed by atoms with van der Waals surface area (Å²) in [7, 11) is 2.11. The lowest BCUT2D eigenvalue weighted by Crippen LogP contribution is -2.49. The van der Waals surface area contributed by atoms with Crippen molar-refractivity contribution in [2.45, 2.75) is 32.2 Å². The standard InChI is InChI=1S/C10H20N2O/c1-3-4-10(13)7-9-8-12(2)6-5-11-9/h9,11H,3-8H2,1-2H3. The highest BCUT2D eigenvalue weighted by atomic mass is 16.1. The number of rotatable bonds is 4. The van der Waals surface area contributed by atoms with Crippen LogP contribution in [-0.2, 0) is 4.79 Å². The molecule has 0 aliphatic carbocycles. The number of carbonyl (C=O) groups excluding carboxylic acids is 1. The first kappa shape index (κ1) is 10.7. The molecule has 1 fully saturated rings. The molecule has 3 nitrogen and oxygen atoms in total. The second kappa shape index (κ2) is 5.35. The Kier molecular flexibility index (Phi) is 4.39. The van der Waals surface area contributed by atoms with Crippen LogP contribution in [0.1, 0.15) is 26.2 Å². The fourth-order valence-electron chi connectivity index (χ4n) is 1.78. The van der Waals surface area contributed by atoms with Crippen LogP contribution in [0.5, 0.6) is 0 Å². The molecule has 1 saturated heterocycles. The van der Waals surface area contributed by atoms with Gasteiger partial charge in [0.1, 0.15) is 5.78 Å². The number of nitrogens with one attached hydrogen (secondary N) is 1. The summed E-state index contributed by atoms with van der Waals surface area (Å²) < 4.78 is 0. The summed E-state index contributed by atoms with van der Waals surface area (Å²) in [6.45, 7) is 5.17. The zero-order valence-corrected chi connectivity index (χ0v) is 8.68. The second-order valence-corrected chi connectivity index (χ2v) is 3.91. The van der Waals surface area contributed by atoms with E-state index in [1.54, 1.807) is 0 Å². The minimum Gasteiger partial charge on any atom is -0.311 e. The Morgan fingerprint density at radius 2 is 2.38 bits per heavy atom. The first-order valence-electron chi connectivity index (χ1n) is 5.16. The Hall–Kier alpha value is -0.410. The highest BCUT2D eigenvalue weighted by Crippen LogP contribution is 2.03. The van der Waals surface area contributed by atoms with Crippen molar-refractivity contribution >= 4 is 5.78 Å². The van der Waals surface area contributed by atoms with Gasteiger partial charge >= 0.3 is 0 Å². The largest absolute Gasteiger partial charge is 0.311 e. The summed E-state index contributed by atoms with van der Waals surface area (Å²) in [6.07, 6.45) is 2.42. The number of hydrogen-bond acceptors (Lipinski definition) is 3. The SMILES string of the molecule is CCCC(=O)CC1CN(C)CCN1. The van der Waals surface area contributed by atoms with Gasteiger partial charge in [-0.25, -0.2) is 0 Å². The molecule has 1 rings (SSSR count). The highest BCUT2D eigenvalue weighted by molar-refractivity contribution is 5.78. The van der Waals surface area contributed by atoms with Crippen LogP contribution in [0.15, 0.2) is 0 Å². The molecule has 76 valence electrons. The molecule has 0 amide bonds. The lowest BCUT2D eigenvalue weighted by Gasteiger charge is -2.30. The minimum absolute atomic E-state index is 0.387. The number of nitrogens with zero attached hydrogens (tertiary/aromatic N) is 1. The summed E-state index contributed by atoms with van der Waals surface area (Å²) in [5, 5.41) is 3.38. The van der Waals surface area contributed by atoms with Crippen LogP contribution in [0.25, 0.3) is 0 Å². The zero-order chi connectivity index (χ0) is 9.68. The molecule has 0 aromatic heterocycles. The van der Waals surface area contributed by atoms with E-state index in [0.29, 0.717) is 18.2 Å². The molecule has 1 unspecified atom stereocenters. The van der Waals surface area contributed by atoms with E-state index in [4.69, 9.17) is 0 Å². The lowest BCUT2D eigenvalue weighted by molar-refractivity contribution is -0.119. The van der Waals surface area contributed by atoms with Crippen LogP contribution >= 0.6 is 0 Å². The number of piperazine rings is 1. The Balaban J connectivity index is 2.23. The molecule has 1 aliphatic rings. The van der Waals surface area contributed by atoms with Gasteiger partial charge in [0.25, 0.3) is 0 Å². The first-order chi connectivity index (χ1) is 6.22. The Morgan fingerprint density at radius 1 is 1.62 bits per heavy atom. The third-order valence-corrected chi connectivity index (χ3v) is 2.46. The van der Waals surface area contributed by atoms with Gasteiger partial charge in [0.15, 0.2) is 0 Å². The van der Waals surface area contributed by atoms with E-state index in [0.717, 1.165) is 32.5 Å². The molecule has 13 heavy (non-hydrogen) atoms. The van der Waals surface area contributed by atoms with E-state index < -0.39 is 0 Å². The van der Waals surface area contributed by atoms with Crippen LogP contribution in [0, 0.1) is 0 Å². The molecule has 0 saturated carbocycles. The fraction of sp³-hybridized carbons (Fsp3) is 0.900. The van der Waals surface area contributed by atoms with E-state index in [1.165, 1.54) is 0 Å². The van der Waals surface area contributed by atoms with Gasteiger partial charge in [0.2, 0.25) is 0 Å². The predicted octanol–water partition coefficient (Wildman–Crippen LogP) is 0.649. The smallest absolute Gasteiger partial charge is 0.134 e. The number of ketones is 1. The van der Waals surface area contributed by atoms with Crippen LogP contribution in [-0.4, -0.2) is 43.4 Å². The number of hydrogen-bond donors (Lipinski definition) is 1. The number of likely N-dealkylation sites (N-methyl/N-ethyl adjacent to an activating group) is 1. The van der Waals surface area contributed by atoms with Crippen molar-refractivity contribution in [1.82, 2.24) is 10.2 Å². The number of Topliss-reactive ketones (excluding diaryl/α,β-unsaturated/α-hetero) is 1. The second-order valence-electron chi connectivity index (χ2n) is 3.91. The van der Waals surface area contributed by atoms with E-state index in [-0.39, 0.29) is 0 Å². The van der Waals surface area contributed by atoms with Crippen molar-refractivity contribution in [3.63, 3.8) is 0 Å². The van der Waals surface area contributed by atoms with Crippen molar-refractivity contribution in [2.75, 3.05) is 26.7 Å².